The van der Waals surface area contributed by atoms with Crippen LogP contribution in [-0.2, 0) is 6.61 Å². The van der Waals surface area contributed by atoms with Crippen molar-refractivity contribution < 1.29 is 14.6 Å². The number of hydrogen-bond donors (Lipinski definition) is 2. The summed E-state index contributed by atoms with van der Waals surface area (Å²) in [7, 11) is 3.14. The maximum Gasteiger partial charge on any atom is 0.294 e. The van der Waals surface area contributed by atoms with Gasteiger partial charge in [-0.25, -0.2) is 0 Å². The Morgan fingerprint density at radius 2 is 1.96 bits per heavy atom. The van der Waals surface area contributed by atoms with Gasteiger partial charge in [0.1, 0.15) is 16.6 Å². The maximum atomic E-state index is 9.28. The van der Waals surface area contributed by atoms with E-state index in [-0.39, 0.29) is 6.61 Å². The number of fused-ring (bicyclic) bond motifs is 1. The fourth-order valence-electron chi connectivity index (χ4n) is 2.64. The Bertz CT molecular complexity index is 1090. The average Bonchev–Trinajstić information content (AvgIpc) is 3.37. The van der Waals surface area contributed by atoms with E-state index in [2.05, 4.69) is 20.4 Å². The molecule has 3 N–H and O–H groups in total. The predicted molar refractivity (Wildman–Crippen MR) is 99.1 cm³/mol. The van der Waals surface area contributed by atoms with Crippen LogP contribution >= 0.6 is 22.7 Å². The molecule has 9 nitrogen and oxygen atoms in total. The monoisotopic (exact) mass is 390 g/mol. The summed E-state index contributed by atoms with van der Waals surface area (Å²) in [5.74, 6) is 1.15. The highest BCUT2D eigenvalue weighted by Gasteiger charge is 2.23. The minimum Gasteiger partial charge on any atom is -0.497 e. The van der Waals surface area contributed by atoms with Crippen molar-refractivity contribution in [3.63, 3.8) is 0 Å². The van der Waals surface area contributed by atoms with Gasteiger partial charge in [0.05, 0.1) is 31.9 Å². The number of rotatable bonds is 5. The molecule has 1 aromatic carbocycles. The van der Waals surface area contributed by atoms with E-state index in [0.717, 1.165) is 16.5 Å². The van der Waals surface area contributed by atoms with E-state index < -0.39 is 0 Å². The van der Waals surface area contributed by atoms with Crippen LogP contribution in [0.15, 0.2) is 18.2 Å². The van der Waals surface area contributed by atoms with E-state index in [4.69, 9.17) is 15.2 Å². The Morgan fingerprint density at radius 3 is 2.62 bits per heavy atom. The molecule has 0 aliphatic carbocycles. The van der Waals surface area contributed by atoms with E-state index >= 15 is 0 Å². The van der Waals surface area contributed by atoms with E-state index in [1.165, 1.54) is 29.8 Å². The molecule has 0 aliphatic heterocycles. The number of hydrogen-bond acceptors (Lipinski definition) is 10. The highest BCUT2D eigenvalue weighted by molar-refractivity contribution is 7.16. The van der Waals surface area contributed by atoms with Crippen molar-refractivity contribution in [2.24, 2.45) is 0 Å². The highest BCUT2D eigenvalue weighted by atomic mass is 32.1. The zero-order valence-electron chi connectivity index (χ0n) is 13.8. The molecular formula is C15H14N6O3S2. The Balaban J connectivity index is 2.02. The molecule has 0 unspecified atom stereocenters. The fourth-order valence-corrected chi connectivity index (χ4v) is 4.10. The summed E-state index contributed by atoms with van der Waals surface area (Å²) >= 11 is 2.56. The number of aliphatic hydroxyl groups excluding tert-OH is 1. The third kappa shape index (κ3) is 2.57. The van der Waals surface area contributed by atoms with E-state index in [0.29, 0.717) is 31.9 Å². The molecule has 0 radical (unpaired) electrons. The van der Waals surface area contributed by atoms with Gasteiger partial charge in [-0.05, 0) is 18.2 Å². The Hall–Kier alpha value is -2.76. The second-order valence-corrected chi connectivity index (χ2v) is 7.17. The number of nitrogens with zero attached hydrogens (tertiary/aromatic N) is 5. The molecule has 0 spiro atoms. The first-order valence-corrected chi connectivity index (χ1v) is 9.09. The van der Waals surface area contributed by atoms with Crippen LogP contribution in [0.4, 0.5) is 5.82 Å². The van der Waals surface area contributed by atoms with Crippen molar-refractivity contribution in [3.8, 4) is 26.6 Å². The average molecular weight is 390 g/mol. The molecule has 0 atom stereocenters. The smallest absolute Gasteiger partial charge is 0.294 e. The van der Waals surface area contributed by atoms with Gasteiger partial charge in [-0.2, -0.15) is 0 Å². The molecule has 0 saturated carbocycles. The summed E-state index contributed by atoms with van der Waals surface area (Å²) in [6.45, 7) is -0.176. The molecule has 3 aromatic heterocycles. The first kappa shape index (κ1) is 16.7. The Morgan fingerprint density at radius 1 is 1.12 bits per heavy atom. The normalized spacial score (nSPS) is 11.2. The lowest BCUT2D eigenvalue weighted by Gasteiger charge is -2.03. The van der Waals surface area contributed by atoms with Gasteiger partial charge in [0.2, 0.25) is 5.13 Å². The summed E-state index contributed by atoms with van der Waals surface area (Å²) in [6.07, 6.45) is 0. The number of benzene rings is 1. The van der Waals surface area contributed by atoms with Crippen molar-refractivity contribution in [2.45, 2.75) is 6.61 Å². The van der Waals surface area contributed by atoms with E-state index in [1.54, 1.807) is 11.7 Å². The molecule has 4 aromatic rings. The molecule has 0 fully saturated rings. The topological polar surface area (TPSA) is 121 Å². The quantitative estimate of drug-likeness (QED) is 0.531. The zero-order valence-corrected chi connectivity index (χ0v) is 15.5. The van der Waals surface area contributed by atoms with Crippen molar-refractivity contribution >= 4 is 39.4 Å². The summed E-state index contributed by atoms with van der Waals surface area (Å²) in [6, 6.07) is 5.63. The molecule has 0 aliphatic rings. The molecule has 134 valence electrons. The highest BCUT2D eigenvalue weighted by Crippen LogP contribution is 2.42. The van der Waals surface area contributed by atoms with Crippen molar-refractivity contribution in [2.75, 3.05) is 20.0 Å². The number of anilines is 1. The molecule has 0 amide bonds. The first-order valence-electron chi connectivity index (χ1n) is 7.45. The minimum absolute atomic E-state index is 0.176. The van der Waals surface area contributed by atoms with Crippen molar-refractivity contribution in [1.82, 2.24) is 25.0 Å². The van der Waals surface area contributed by atoms with Gasteiger partial charge < -0.3 is 20.3 Å². The van der Waals surface area contributed by atoms with Gasteiger partial charge >= 0.3 is 0 Å². The van der Waals surface area contributed by atoms with Gasteiger partial charge in [-0.3, -0.25) is 4.57 Å². The van der Waals surface area contributed by atoms with E-state index in [1.807, 2.05) is 18.2 Å². The lowest BCUT2D eigenvalue weighted by atomic mass is 10.1. The fraction of sp³-hybridized carbons (Fsp3) is 0.200. The van der Waals surface area contributed by atoms with Gasteiger partial charge in [0.15, 0.2) is 5.01 Å². The SMILES string of the molecule is COc1ccc2c(c1)c(-c1nnc(OC)s1)c(N)n2-c1nnc(CO)s1. The Kier molecular flexibility index (Phi) is 4.18. The molecule has 4 rings (SSSR count). The van der Waals surface area contributed by atoms with Crippen LogP contribution < -0.4 is 15.2 Å². The van der Waals surface area contributed by atoms with Crippen LogP contribution in [0, 0.1) is 0 Å². The molecule has 0 saturated heterocycles. The van der Waals surface area contributed by atoms with Crippen LogP contribution in [0.25, 0.3) is 26.6 Å². The van der Waals surface area contributed by atoms with Crippen molar-refractivity contribution in [3.05, 3.63) is 23.2 Å². The number of nitrogens with two attached hydrogens (primary N) is 1. The lowest BCUT2D eigenvalue weighted by molar-refractivity contribution is 0.280. The van der Waals surface area contributed by atoms with Gasteiger partial charge in [0.25, 0.3) is 5.19 Å². The van der Waals surface area contributed by atoms with Crippen LogP contribution in [0.1, 0.15) is 5.01 Å². The van der Waals surface area contributed by atoms with Gasteiger partial charge in [0, 0.05) is 5.39 Å². The summed E-state index contributed by atoms with van der Waals surface area (Å²) in [5.41, 5.74) is 8.02. The van der Waals surface area contributed by atoms with Gasteiger partial charge in [-0.1, -0.05) is 27.8 Å². The van der Waals surface area contributed by atoms with Gasteiger partial charge in [-0.15, -0.1) is 15.3 Å². The van der Waals surface area contributed by atoms with Crippen LogP contribution in [0.2, 0.25) is 0 Å². The first-order chi connectivity index (χ1) is 12.7. The van der Waals surface area contributed by atoms with Crippen LogP contribution in [0.5, 0.6) is 10.9 Å². The number of nitrogen functional groups attached to an aromatic ring is 1. The minimum atomic E-state index is -0.176. The predicted octanol–water partition coefficient (Wildman–Crippen LogP) is 2.09. The Labute approximate surface area is 155 Å². The largest absolute Gasteiger partial charge is 0.497 e. The molecule has 11 heteroatoms. The van der Waals surface area contributed by atoms with E-state index in [9.17, 15) is 5.11 Å². The zero-order chi connectivity index (χ0) is 18.3. The van der Waals surface area contributed by atoms with Crippen molar-refractivity contribution in [1.29, 1.82) is 0 Å². The third-order valence-corrected chi connectivity index (χ3v) is 5.58. The molecule has 3 heterocycles. The second kappa shape index (κ2) is 6.52. The maximum absolute atomic E-state index is 9.28. The number of aliphatic hydroxyl groups is 1. The summed E-state index contributed by atoms with van der Waals surface area (Å²) < 4.78 is 12.3. The third-order valence-electron chi connectivity index (χ3n) is 3.79. The summed E-state index contributed by atoms with van der Waals surface area (Å²) in [4.78, 5) is 0. The van der Waals surface area contributed by atoms with Crippen LogP contribution in [0.3, 0.4) is 0 Å². The number of aromatic nitrogens is 5. The van der Waals surface area contributed by atoms with Crippen LogP contribution in [-0.4, -0.2) is 44.3 Å². The second-order valence-electron chi connectivity index (χ2n) is 5.19. The number of ether oxygens (including phenoxy) is 2. The molecular weight excluding hydrogens is 376 g/mol. The summed E-state index contributed by atoms with van der Waals surface area (Å²) in [5, 5.41) is 28.6. The molecule has 26 heavy (non-hydrogen) atoms. The number of methoxy groups -OCH3 is 2. The molecule has 0 bridgehead atoms. The lowest BCUT2D eigenvalue weighted by Crippen LogP contribution is -2.00. The standard InChI is InChI=1S/C15H14N6O3S2/c1-23-7-3-4-9-8(5-7)11(13-18-20-15(24-2)26-13)12(16)21(9)14-19-17-10(6-22)25-14/h3-5,22H,6,16H2,1-2H3.